The van der Waals surface area contributed by atoms with Crippen LogP contribution in [0.2, 0.25) is 0 Å². The van der Waals surface area contributed by atoms with Gasteiger partial charge in [-0.3, -0.25) is 9.48 Å². The molecule has 0 saturated heterocycles. The summed E-state index contributed by atoms with van der Waals surface area (Å²) in [6.45, 7) is 2.91. The summed E-state index contributed by atoms with van der Waals surface area (Å²) in [6.07, 6.45) is 6.43. The van der Waals surface area contributed by atoms with Gasteiger partial charge in [0.15, 0.2) is 0 Å². The minimum atomic E-state index is -0.222. The van der Waals surface area contributed by atoms with E-state index in [0.29, 0.717) is 13.2 Å². The van der Waals surface area contributed by atoms with Crippen LogP contribution in [0.1, 0.15) is 27.9 Å². The summed E-state index contributed by atoms with van der Waals surface area (Å²) in [5.41, 5.74) is 2.83. The van der Waals surface area contributed by atoms with Crippen LogP contribution in [0.5, 0.6) is 5.75 Å². The fourth-order valence-electron chi connectivity index (χ4n) is 3.13. The molecule has 0 aliphatic carbocycles. The van der Waals surface area contributed by atoms with Gasteiger partial charge in [-0.15, -0.1) is 11.3 Å². The number of aryl methyl sites for hydroxylation is 1. The maximum atomic E-state index is 12.6. The molecule has 2 aromatic carbocycles. The molecule has 0 aliphatic heterocycles. The summed E-state index contributed by atoms with van der Waals surface area (Å²) in [7, 11) is 0. The first-order valence-corrected chi connectivity index (χ1v) is 11.0. The average molecular weight is 446 g/mol. The molecule has 1 N–H and O–H groups in total. The molecule has 8 heteroatoms. The zero-order valence-electron chi connectivity index (χ0n) is 17.6. The third kappa shape index (κ3) is 6.12. The van der Waals surface area contributed by atoms with Crippen LogP contribution in [0.3, 0.4) is 0 Å². The number of hydrogen-bond donors (Lipinski definition) is 1. The number of ether oxygens (including phenoxy) is 1. The number of rotatable bonds is 9. The molecule has 162 valence electrons. The second kappa shape index (κ2) is 10.5. The van der Waals surface area contributed by atoms with Gasteiger partial charge in [-0.05, 0) is 36.3 Å². The van der Waals surface area contributed by atoms with Gasteiger partial charge in [0.05, 0.1) is 23.3 Å². The van der Waals surface area contributed by atoms with Gasteiger partial charge >= 0.3 is 0 Å². The molecule has 1 amide bonds. The number of carbonyl (C=O) groups is 1. The summed E-state index contributed by atoms with van der Waals surface area (Å²) in [4.78, 5) is 20.9. The normalized spacial score (nSPS) is 12.0. The van der Waals surface area contributed by atoms with Gasteiger partial charge in [-0.1, -0.05) is 42.5 Å². The SMILES string of the molecule is Cc1nc(COc2ccc(/C=C/C(=O)NC(Cn3cncn3)c3ccccc3)cc2)cs1. The largest absolute Gasteiger partial charge is 0.487 e. The number of thiazole rings is 1. The van der Waals surface area contributed by atoms with Crippen molar-refractivity contribution in [2.75, 3.05) is 0 Å². The minimum Gasteiger partial charge on any atom is -0.487 e. The summed E-state index contributed by atoms with van der Waals surface area (Å²) >= 11 is 1.61. The number of carbonyl (C=O) groups excluding carboxylic acids is 1. The highest BCUT2D eigenvalue weighted by Crippen LogP contribution is 2.17. The summed E-state index contributed by atoms with van der Waals surface area (Å²) in [5, 5.41) is 10.2. The van der Waals surface area contributed by atoms with E-state index in [0.717, 1.165) is 27.6 Å². The van der Waals surface area contributed by atoms with Gasteiger partial charge in [0.25, 0.3) is 0 Å². The van der Waals surface area contributed by atoms with Crippen molar-refractivity contribution in [1.29, 1.82) is 0 Å². The van der Waals surface area contributed by atoms with Crippen LogP contribution in [0.15, 0.2) is 78.7 Å². The zero-order chi connectivity index (χ0) is 22.2. The Morgan fingerprint density at radius 2 is 2.00 bits per heavy atom. The van der Waals surface area contributed by atoms with E-state index in [1.165, 1.54) is 12.4 Å². The Hall–Kier alpha value is -3.78. The number of amides is 1. The first-order valence-electron chi connectivity index (χ1n) is 10.2. The van der Waals surface area contributed by atoms with Crippen molar-refractivity contribution in [3.63, 3.8) is 0 Å². The summed E-state index contributed by atoms with van der Waals surface area (Å²) in [6, 6.07) is 17.2. The Bertz CT molecular complexity index is 1150. The molecule has 1 unspecified atom stereocenters. The van der Waals surface area contributed by atoms with E-state index in [4.69, 9.17) is 4.74 Å². The Morgan fingerprint density at radius 1 is 1.19 bits per heavy atom. The number of aromatic nitrogens is 4. The van der Waals surface area contributed by atoms with Crippen molar-refractivity contribution in [1.82, 2.24) is 25.1 Å². The molecule has 7 nitrogen and oxygen atoms in total. The Kier molecular flexibility index (Phi) is 7.04. The molecule has 0 aliphatic rings. The lowest BCUT2D eigenvalue weighted by molar-refractivity contribution is -0.117. The first-order chi connectivity index (χ1) is 15.7. The standard InChI is InChI=1S/C24H23N5O2S/c1-18-27-21(15-32-18)14-31-22-10-7-19(8-11-22)9-12-24(30)28-23(13-29-17-25-16-26-29)20-5-3-2-4-6-20/h2-12,15-17,23H,13-14H2,1H3,(H,28,30)/b12-9+. The van der Waals surface area contributed by atoms with Crippen LogP contribution in [0, 0.1) is 6.92 Å². The Balaban J connectivity index is 1.34. The number of hydrogen-bond acceptors (Lipinski definition) is 6. The van der Waals surface area contributed by atoms with Gasteiger partial charge in [0.2, 0.25) is 5.91 Å². The molecular weight excluding hydrogens is 422 g/mol. The van der Waals surface area contributed by atoms with Gasteiger partial charge < -0.3 is 10.1 Å². The lowest BCUT2D eigenvalue weighted by Crippen LogP contribution is -2.30. The lowest BCUT2D eigenvalue weighted by atomic mass is 10.1. The van der Waals surface area contributed by atoms with E-state index in [2.05, 4.69) is 20.4 Å². The predicted molar refractivity (Wildman–Crippen MR) is 124 cm³/mol. The third-order valence-corrected chi connectivity index (χ3v) is 5.54. The molecule has 0 spiro atoms. The minimum absolute atomic E-state index is 0.182. The van der Waals surface area contributed by atoms with Crippen molar-refractivity contribution in [3.05, 3.63) is 101 Å². The van der Waals surface area contributed by atoms with Crippen molar-refractivity contribution < 1.29 is 9.53 Å². The van der Waals surface area contributed by atoms with Crippen LogP contribution in [0.25, 0.3) is 6.08 Å². The van der Waals surface area contributed by atoms with Crippen molar-refractivity contribution in [2.24, 2.45) is 0 Å². The number of benzene rings is 2. The lowest BCUT2D eigenvalue weighted by Gasteiger charge is -2.18. The van der Waals surface area contributed by atoms with Crippen LogP contribution in [0.4, 0.5) is 0 Å². The highest BCUT2D eigenvalue weighted by Gasteiger charge is 2.14. The van der Waals surface area contributed by atoms with Gasteiger partial charge in [0, 0.05) is 11.5 Å². The quantitative estimate of drug-likeness (QED) is 0.391. The summed E-state index contributed by atoms with van der Waals surface area (Å²) < 4.78 is 7.47. The number of nitrogens with one attached hydrogen (secondary N) is 1. The maximum Gasteiger partial charge on any atom is 0.244 e. The Labute approximate surface area is 190 Å². The molecule has 0 radical (unpaired) electrons. The van der Waals surface area contributed by atoms with Crippen molar-refractivity contribution >= 4 is 23.3 Å². The molecule has 4 aromatic rings. The molecule has 0 fully saturated rings. The number of nitrogens with zero attached hydrogens (tertiary/aromatic N) is 4. The average Bonchev–Trinajstić information content (AvgIpc) is 3.49. The van der Waals surface area contributed by atoms with Gasteiger partial charge in [-0.2, -0.15) is 5.10 Å². The third-order valence-electron chi connectivity index (χ3n) is 4.72. The van der Waals surface area contributed by atoms with E-state index in [1.54, 1.807) is 28.4 Å². The molecule has 0 saturated carbocycles. The van der Waals surface area contributed by atoms with Crippen molar-refractivity contribution in [3.8, 4) is 5.75 Å². The smallest absolute Gasteiger partial charge is 0.244 e. The van der Waals surface area contributed by atoms with E-state index in [9.17, 15) is 4.79 Å². The predicted octanol–water partition coefficient (Wildman–Crippen LogP) is 4.19. The molecule has 2 aromatic heterocycles. The van der Waals surface area contributed by atoms with Gasteiger partial charge in [0.1, 0.15) is 25.0 Å². The molecule has 4 rings (SSSR count). The highest BCUT2D eigenvalue weighted by molar-refractivity contribution is 7.09. The topological polar surface area (TPSA) is 81.9 Å². The second-order valence-corrected chi connectivity index (χ2v) is 8.20. The fraction of sp³-hybridized carbons (Fsp3) is 0.167. The molecular formula is C24H23N5O2S. The van der Waals surface area contributed by atoms with Crippen LogP contribution in [-0.4, -0.2) is 25.7 Å². The maximum absolute atomic E-state index is 12.6. The summed E-state index contributed by atoms with van der Waals surface area (Å²) in [5.74, 6) is 0.576. The fourth-order valence-corrected chi connectivity index (χ4v) is 3.73. The van der Waals surface area contributed by atoms with E-state index in [1.807, 2.05) is 66.9 Å². The van der Waals surface area contributed by atoms with Crippen LogP contribution < -0.4 is 10.1 Å². The van der Waals surface area contributed by atoms with Crippen LogP contribution in [-0.2, 0) is 17.9 Å². The first kappa shape index (κ1) is 21.5. The second-order valence-electron chi connectivity index (χ2n) is 7.14. The van der Waals surface area contributed by atoms with E-state index >= 15 is 0 Å². The molecule has 32 heavy (non-hydrogen) atoms. The van der Waals surface area contributed by atoms with Crippen molar-refractivity contribution in [2.45, 2.75) is 26.1 Å². The molecule has 1 atom stereocenters. The molecule has 0 bridgehead atoms. The molecule has 2 heterocycles. The van der Waals surface area contributed by atoms with E-state index in [-0.39, 0.29) is 11.9 Å². The van der Waals surface area contributed by atoms with Crippen LogP contribution >= 0.6 is 11.3 Å². The zero-order valence-corrected chi connectivity index (χ0v) is 18.4. The highest BCUT2D eigenvalue weighted by atomic mass is 32.1. The van der Waals surface area contributed by atoms with Gasteiger partial charge in [-0.25, -0.2) is 9.97 Å². The van der Waals surface area contributed by atoms with E-state index < -0.39 is 0 Å². The Morgan fingerprint density at radius 3 is 2.69 bits per heavy atom. The monoisotopic (exact) mass is 445 g/mol.